The van der Waals surface area contributed by atoms with E-state index >= 15 is 0 Å². The van der Waals surface area contributed by atoms with Crippen LogP contribution in [0.5, 0.6) is 0 Å². The Balaban J connectivity index is 2.36. The molecule has 0 aromatic carbocycles. The Morgan fingerprint density at radius 1 is 1.57 bits per heavy atom. The maximum absolute atomic E-state index is 11.1. The van der Waals surface area contributed by atoms with Crippen molar-refractivity contribution in [1.29, 1.82) is 0 Å². The van der Waals surface area contributed by atoms with Crippen molar-refractivity contribution >= 4 is 10.0 Å². The topological polar surface area (TPSA) is 74.8 Å². The fourth-order valence-corrected chi connectivity index (χ4v) is 1.66. The molecule has 1 aromatic rings. The first-order valence-electron chi connectivity index (χ1n) is 4.51. The molecule has 0 radical (unpaired) electrons. The van der Waals surface area contributed by atoms with Gasteiger partial charge in [0.15, 0.2) is 0 Å². The highest BCUT2D eigenvalue weighted by atomic mass is 32.2. The molecular formula is C8H15N3O2S. The summed E-state index contributed by atoms with van der Waals surface area (Å²) >= 11 is 0. The molecule has 5 nitrogen and oxygen atoms in total. The van der Waals surface area contributed by atoms with Gasteiger partial charge in [0.05, 0.1) is 5.75 Å². The number of H-pyrrole nitrogens is 1. The predicted octanol–water partition coefficient (Wildman–Crippen LogP) is 0.200. The monoisotopic (exact) mass is 217 g/mol. The molecule has 0 fully saturated rings. The minimum atomic E-state index is -3.07. The van der Waals surface area contributed by atoms with E-state index in [-0.39, 0.29) is 5.75 Å². The van der Waals surface area contributed by atoms with Crippen molar-refractivity contribution in [3.05, 3.63) is 17.7 Å². The lowest BCUT2D eigenvalue weighted by molar-refractivity contribution is 0.582. The molecule has 2 N–H and O–H groups in total. The molecule has 80 valence electrons. The van der Waals surface area contributed by atoms with E-state index in [0.717, 1.165) is 11.5 Å². The molecule has 6 heteroatoms. The van der Waals surface area contributed by atoms with Gasteiger partial charge in [0.25, 0.3) is 0 Å². The average Bonchev–Trinajstić information content (AvgIpc) is 2.51. The summed E-state index contributed by atoms with van der Waals surface area (Å²) in [6, 6.07) is 0. The summed E-state index contributed by atoms with van der Waals surface area (Å²) < 4.78 is 24.6. The minimum Gasteiger partial charge on any atom is -0.346 e. The lowest BCUT2D eigenvalue weighted by Gasteiger charge is -2.02. The molecule has 0 bridgehead atoms. The number of nitrogens with one attached hydrogen (secondary N) is 2. The fourth-order valence-electron chi connectivity index (χ4n) is 1.04. The summed E-state index contributed by atoms with van der Waals surface area (Å²) in [6.07, 6.45) is 2.36. The number of nitrogens with zero attached hydrogens (tertiary/aromatic N) is 1. The summed E-state index contributed by atoms with van der Waals surface area (Å²) in [5.41, 5.74) is 0.946. The van der Waals surface area contributed by atoms with Crippen LogP contribution in [0.25, 0.3) is 0 Å². The van der Waals surface area contributed by atoms with Crippen molar-refractivity contribution < 1.29 is 8.42 Å². The van der Waals surface area contributed by atoms with Crippen molar-refractivity contribution in [3.8, 4) is 0 Å². The SMILES string of the molecule is CCS(=O)(=O)NCCc1cnc(C)[nH]1. The highest BCUT2D eigenvalue weighted by Crippen LogP contribution is 1.96. The first-order chi connectivity index (χ1) is 6.53. The average molecular weight is 217 g/mol. The van der Waals surface area contributed by atoms with Gasteiger partial charge in [-0.15, -0.1) is 0 Å². The van der Waals surface area contributed by atoms with Crippen LogP contribution in [0.1, 0.15) is 18.4 Å². The molecule has 0 spiro atoms. The first-order valence-corrected chi connectivity index (χ1v) is 6.16. The zero-order chi connectivity index (χ0) is 10.6. The van der Waals surface area contributed by atoms with Crippen molar-refractivity contribution in [3.63, 3.8) is 0 Å². The van der Waals surface area contributed by atoms with Gasteiger partial charge in [0.2, 0.25) is 10.0 Å². The second-order valence-corrected chi connectivity index (χ2v) is 5.14. The summed E-state index contributed by atoms with van der Waals surface area (Å²) in [5.74, 6) is 0.966. The van der Waals surface area contributed by atoms with E-state index in [9.17, 15) is 8.42 Å². The van der Waals surface area contributed by atoms with Crippen LogP contribution in [0.3, 0.4) is 0 Å². The zero-order valence-corrected chi connectivity index (χ0v) is 9.19. The molecule has 14 heavy (non-hydrogen) atoms. The first kappa shape index (κ1) is 11.2. The minimum absolute atomic E-state index is 0.120. The van der Waals surface area contributed by atoms with E-state index in [2.05, 4.69) is 14.7 Å². The number of aromatic nitrogens is 2. The Kier molecular flexibility index (Phi) is 3.65. The molecule has 0 aliphatic heterocycles. The van der Waals surface area contributed by atoms with Gasteiger partial charge in [-0.25, -0.2) is 18.1 Å². The van der Waals surface area contributed by atoms with Crippen LogP contribution in [0.4, 0.5) is 0 Å². The lowest BCUT2D eigenvalue weighted by Crippen LogP contribution is -2.27. The van der Waals surface area contributed by atoms with Gasteiger partial charge in [-0.3, -0.25) is 0 Å². The zero-order valence-electron chi connectivity index (χ0n) is 8.37. The number of sulfonamides is 1. The predicted molar refractivity (Wildman–Crippen MR) is 54.5 cm³/mol. The summed E-state index contributed by atoms with van der Waals surface area (Å²) in [6.45, 7) is 3.89. The summed E-state index contributed by atoms with van der Waals surface area (Å²) in [5, 5.41) is 0. The van der Waals surface area contributed by atoms with Crippen molar-refractivity contribution in [1.82, 2.24) is 14.7 Å². The van der Waals surface area contributed by atoms with E-state index in [0.29, 0.717) is 13.0 Å². The number of hydrogen-bond donors (Lipinski definition) is 2. The molecule has 1 rings (SSSR count). The second-order valence-electron chi connectivity index (χ2n) is 3.04. The molecule has 0 atom stereocenters. The Labute approximate surface area is 84.0 Å². The third-order valence-electron chi connectivity index (χ3n) is 1.85. The number of aromatic amines is 1. The summed E-state index contributed by atoms with van der Waals surface area (Å²) in [4.78, 5) is 7.05. The third-order valence-corrected chi connectivity index (χ3v) is 3.26. The van der Waals surface area contributed by atoms with Crippen molar-refractivity contribution in [2.24, 2.45) is 0 Å². The Morgan fingerprint density at radius 3 is 2.79 bits per heavy atom. The molecule has 0 aliphatic carbocycles. The quantitative estimate of drug-likeness (QED) is 0.740. The van der Waals surface area contributed by atoms with E-state index < -0.39 is 10.0 Å². The molecule has 0 saturated carbocycles. The second kappa shape index (κ2) is 4.56. The normalized spacial score (nSPS) is 11.9. The third kappa shape index (κ3) is 3.47. The van der Waals surface area contributed by atoms with Gasteiger partial charge in [0.1, 0.15) is 5.82 Å². The van der Waals surface area contributed by atoms with Crippen LogP contribution in [0.15, 0.2) is 6.20 Å². The van der Waals surface area contributed by atoms with Crippen LogP contribution >= 0.6 is 0 Å². The standard InChI is InChI=1S/C8H15N3O2S/c1-3-14(12,13)10-5-4-8-6-9-7(2)11-8/h6,10H,3-5H2,1-2H3,(H,9,11). The van der Waals surface area contributed by atoms with Crippen LogP contribution in [-0.4, -0.2) is 30.7 Å². The number of rotatable bonds is 5. The van der Waals surface area contributed by atoms with Gasteiger partial charge >= 0.3 is 0 Å². The van der Waals surface area contributed by atoms with Crippen LogP contribution in [-0.2, 0) is 16.4 Å². The Hall–Kier alpha value is -0.880. The maximum Gasteiger partial charge on any atom is 0.211 e. The van der Waals surface area contributed by atoms with Gasteiger partial charge in [0, 0.05) is 24.9 Å². The smallest absolute Gasteiger partial charge is 0.211 e. The molecule has 1 heterocycles. The van der Waals surface area contributed by atoms with Gasteiger partial charge in [-0.2, -0.15) is 0 Å². The molecule has 0 saturated heterocycles. The van der Waals surface area contributed by atoms with E-state index in [1.165, 1.54) is 0 Å². The van der Waals surface area contributed by atoms with Crippen molar-refractivity contribution in [2.45, 2.75) is 20.3 Å². The molecular weight excluding hydrogens is 202 g/mol. The molecule has 0 amide bonds. The van der Waals surface area contributed by atoms with Gasteiger partial charge < -0.3 is 4.98 Å². The number of aryl methyl sites for hydroxylation is 1. The Bertz CT molecular complexity index is 383. The van der Waals surface area contributed by atoms with Gasteiger partial charge in [-0.1, -0.05) is 0 Å². The summed E-state index contributed by atoms with van der Waals surface area (Å²) in [7, 11) is -3.07. The number of imidazole rings is 1. The highest BCUT2D eigenvalue weighted by Gasteiger charge is 2.05. The van der Waals surface area contributed by atoms with Crippen LogP contribution in [0.2, 0.25) is 0 Å². The van der Waals surface area contributed by atoms with E-state index in [1.54, 1.807) is 13.1 Å². The fraction of sp³-hybridized carbons (Fsp3) is 0.625. The highest BCUT2D eigenvalue weighted by molar-refractivity contribution is 7.89. The Morgan fingerprint density at radius 2 is 2.29 bits per heavy atom. The van der Waals surface area contributed by atoms with Crippen LogP contribution in [0, 0.1) is 6.92 Å². The van der Waals surface area contributed by atoms with Gasteiger partial charge in [-0.05, 0) is 13.8 Å². The largest absolute Gasteiger partial charge is 0.346 e. The van der Waals surface area contributed by atoms with Crippen LogP contribution < -0.4 is 4.72 Å². The van der Waals surface area contributed by atoms with E-state index in [4.69, 9.17) is 0 Å². The maximum atomic E-state index is 11.1. The van der Waals surface area contributed by atoms with Crippen molar-refractivity contribution in [2.75, 3.05) is 12.3 Å². The molecule has 0 aliphatic rings. The lowest BCUT2D eigenvalue weighted by atomic mass is 10.3. The number of hydrogen-bond acceptors (Lipinski definition) is 3. The van der Waals surface area contributed by atoms with E-state index in [1.807, 2.05) is 6.92 Å². The molecule has 0 unspecified atom stereocenters. The molecule has 1 aromatic heterocycles.